The molecule has 0 fully saturated rings. The predicted molar refractivity (Wildman–Crippen MR) is 82.1 cm³/mol. The first kappa shape index (κ1) is 17.2. The standard InChI is InChI=1S/C17H24O4/c1-2-12-20-17(18)21-14-9-4-3-8-13-19-15-16-10-6-5-7-11-16/h2,5-7,10-11H,1,3-4,8-9,12-15H2. The number of hydrogen-bond acceptors (Lipinski definition) is 4. The highest BCUT2D eigenvalue weighted by atomic mass is 16.7. The zero-order valence-corrected chi connectivity index (χ0v) is 12.5. The summed E-state index contributed by atoms with van der Waals surface area (Å²) in [5, 5.41) is 0. The summed E-state index contributed by atoms with van der Waals surface area (Å²) in [6.07, 6.45) is 4.84. The molecular weight excluding hydrogens is 268 g/mol. The van der Waals surface area contributed by atoms with Gasteiger partial charge in [-0.1, -0.05) is 49.4 Å². The third-order valence-corrected chi connectivity index (χ3v) is 2.83. The Kier molecular flexibility index (Phi) is 9.83. The number of hydrogen-bond donors (Lipinski definition) is 0. The summed E-state index contributed by atoms with van der Waals surface area (Å²) in [6, 6.07) is 10.1. The fourth-order valence-corrected chi connectivity index (χ4v) is 1.75. The smallest absolute Gasteiger partial charge is 0.434 e. The molecule has 0 saturated heterocycles. The molecule has 21 heavy (non-hydrogen) atoms. The Labute approximate surface area is 126 Å². The van der Waals surface area contributed by atoms with Gasteiger partial charge in [0.2, 0.25) is 0 Å². The molecule has 0 heterocycles. The lowest BCUT2D eigenvalue weighted by Crippen LogP contribution is -2.08. The van der Waals surface area contributed by atoms with E-state index in [1.807, 2.05) is 18.2 Å². The first-order chi connectivity index (χ1) is 10.3. The van der Waals surface area contributed by atoms with Crippen LogP contribution in [0.4, 0.5) is 4.79 Å². The minimum atomic E-state index is -0.624. The van der Waals surface area contributed by atoms with E-state index < -0.39 is 6.16 Å². The van der Waals surface area contributed by atoms with Crippen molar-refractivity contribution in [3.8, 4) is 0 Å². The van der Waals surface area contributed by atoms with Gasteiger partial charge >= 0.3 is 6.16 Å². The van der Waals surface area contributed by atoms with Crippen molar-refractivity contribution in [3.05, 3.63) is 48.6 Å². The van der Waals surface area contributed by atoms with Gasteiger partial charge in [0, 0.05) is 6.61 Å². The molecule has 0 bridgehead atoms. The van der Waals surface area contributed by atoms with E-state index in [1.165, 1.54) is 11.6 Å². The van der Waals surface area contributed by atoms with Gasteiger partial charge in [-0.3, -0.25) is 0 Å². The molecule has 0 unspecified atom stereocenters. The average Bonchev–Trinajstić information content (AvgIpc) is 2.52. The summed E-state index contributed by atoms with van der Waals surface area (Å²) in [4.78, 5) is 11.0. The van der Waals surface area contributed by atoms with E-state index >= 15 is 0 Å². The maximum atomic E-state index is 11.0. The lowest BCUT2D eigenvalue weighted by atomic mass is 10.2. The molecule has 0 spiro atoms. The largest absolute Gasteiger partial charge is 0.508 e. The van der Waals surface area contributed by atoms with Crippen molar-refractivity contribution in [2.45, 2.75) is 32.3 Å². The first-order valence-electron chi connectivity index (χ1n) is 7.35. The Morgan fingerprint density at radius 1 is 1.00 bits per heavy atom. The van der Waals surface area contributed by atoms with E-state index in [0.717, 1.165) is 32.3 Å². The summed E-state index contributed by atoms with van der Waals surface area (Å²) < 4.78 is 15.2. The molecule has 0 aliphatic carbocycles. The van der Waals surface area contributed by atoms with Crippen LogP contribution in [0.1, 0.15) is 31.2 Å². The zero-order chi connectivity index (χ0) is 15.2. The Hall–Kier alpha value is -1.81. The maximum Gasteiger partial charge on any atom is 0.508 e. The van der Waals surface area contributed by atoms with Gasteiger partial charge in [-0.15, -0.1) is 0 Å². The van der Waals surface area contributed by atoms with Crippen molar-refractivity contribution in [2.75, 3.05) is 19.8 Å². The molecule has 0 saturated carbocycles. The van der Waals surface area contributed by atoms with Crippen LogP contribution in [0.25, 0.3) is 0 Å². The van der Waals surface area contributed by atoms with E-state index in [0.29, 0.717) is 13.2 Å². The van der Waals surface area contributed by atoms with E-state index in [2.05, 4.69) is 18.7 Å². The van der Waals surface area contributed by atoms with Crippen LogP contribution < -0.4 is 0 Å². The Morgan fingerprint density at radius 3 is 2.43 bits per heavy atom. The highest BCUT2D eigenvalue weighted by Gasteiger charge is 2.01. The van der Waals surface area contributed by atoms with Gasteiger partial charge in [-0.05, 0) is 24.8 Å². The number of benzene rings is 1. The van der Waals surface area contributed by atoms with Gasteiger partial charge in [0.05, 0.1) is 13.2 Å². The molecule has 0 aromatic heterocycles. The van der Waals surface area contributed by atoms with Gasteiger partial charge in [0.15, 0.2) is 0 Å². The highest BCUT2D eigenvalue weighted by Crippen LogP contribution is 2.04. The molecule has 0 radical (unpaired) electrons. The second-order valence-electron chi connectivity index (χ2n) is 4.65. The topological polar surface area (TPSA) is 44.8 Å². The lowest BCUT2D eigenvalue weighted by Gasteiger charge is -2.05. The first-order valence-corrected chi connectivity index (χ1v) is 7.35. The average molecular weight is 292 g/mol. The molecule has 116 valence electrons. The summed E-state index contributed by atoms with van der Waals surface area (Å²) in [7, 11) is 0. The van der Waals surface area contributed by atoms with Crippen molar-refractivity contribution in [1.82, 2.24) is 0 Å². The predicted octanol–water partition coefficient (Wildman–Crippen LogP) is 4.10. The SMILES string of the molecule is C=CCOC(=O)OCCCCCCOCc1ccccc1. The second kappa shape index (κ2) is 12.0. The molecule has 0 atom stereocenters. The summed E-state index contributed by atoms with van der Waals surface area (Å²) in [6.45, 7) is 5.48. The van der Waals surface area contributed by atoms with E-state index in [-0.39, 0.29) is 6.61 Å². The van der Waals surface area contributed by atoms with Gasteiger partial charge in [-0.25, -0.2) is 4.79 Å². The molecular formula is C17H24O4. The van der Waals surface area contributed by atoms with Crippen LogP contribution >= 0.6 is 0 Å². The molecule has 1 aromatic rings. The summed E-state index contributed by atoms with van der Waals surface area (Å²) in [5.41, 5.74) is 1.20. The van der Waals surface area contributed by atoms with Gasteiger partial charge in [0.25, 0.3) is 0 Å². The van der Waals surface area contributed by atoms with Crippen LogP contribution in [0.15, 0.2) is 43.0 Å². The van der Waals surface area contributed by atoms with Crippen molar-refractivity contribution in [2.24, 2.45) is 0 Å². The monoisotopic (exact) mass is 292 g/mol. The van der Waals surface area contributed by atoms with Gasteiger partial charge in [0.1, 0.15) is 6.61 Å². The third-order valence-electron chi connectivity index (χ3n) is 2.83. The van der Waals surface area contributed by atoms with Crippen molar-refractivity contribution >= 4 is 6.16 Å². The fourth-order valence-electron chi connectivity index (χ4n) is 1.75. The molecule has 4 heteroatoms. The van der Waals surface area contributed by atoms with Crippen molar-refractivity contribution in [1.29, 1.82) is 0 Å². The van der Waals surface area contributed by atoms with E-state index in [1.54, 1.807) is 0 Å². The van der Waals surface area contributed by atoms with Gasteiger partial charge in [-0.2, -0.15) is 0 Å². The summed E-state index contributed by atoms with van der Waals surface area (Å²) in [5.74, 6) is 0. The molecule has 0 aliphatic rings. The number of unbranched alkanes of at least 4 members (excludes halogenated alkanes) is 3. The second-order valence-corrected chi connectivity index (χ2v) is 4.65. The van der Waals surface area contributed by atoms with Crippen LogP contribution in [0.3, 0.4) is 0 Å². The zero-order valence-electron chi connectivity index (χ0n) is 12.5. The molecule has 0 N–H and O–H groups in total. The number of rotatable bonds is 11. The third kappa shape index (κ3) is 9.68. The maximum absolute atomic E-state index is 11.0. The van der Waals surface area contributed by atoms with E-state index in [4.69, 9.17) is 14.2 Å². The highest BCUT2D eigenvalue weighted by molar-refractivity contribution is 5.59. The van der Waals surface area contributed by atoms with Gasteiger partial charge < -0.3 is 14.2 Å². The van der Waals surface area contributed by atoms with Crippen molar-refractivity contribution in [3.63, 3.8) is 0 Å². The van der Waals surface area contributed by atoms with Crippen LogP contribution in [0.2, 0.25) is 0 Å². The van der Waals surface area contributed by atoms with Crippen LogP contribution in [0, 0.1) is 0 Å². The van der Waals surface area contributed by atoms with E-state index in [9.17, 15) is 4.79 Å². The summed E-state index contributed by atoms with van der Waals surface area (Å²) >= 11 is 0. The molecule has 0 aliphatic heterocycles. The Morgan fingerprint density at radius 2 is 1.71 bits per heavy atom. The van der Waals surface area contributed by atoms with Crippen LogP contribution in [-0.4, -0.2) is 26.0 Å². The molecule has 1 rings (SSSR count). The Bertz CT molecular complexity index is 389. The normalized spacial score (nSPS) is 10.1. The minimum Gasteiger partial charge on any atom is -0.434 e. The molecule has 1 aromatic carbocycles. The lowest BCUT2D eigenvalue weighted by molar-refractivity contribution is 0.0616. The molecule has 0 amide bonds. The Balaban J connectivity index is 1.84. The quantitative estimate of drug-likeness (QED) is 0.350. The van der Waals surface area contributed by atoms with Crippen molar-refractivity contribution < 1.29 is 19.0 Å². The number of carbonyl (C=O) groups excluding carboxylic acids is 1. The number of ether oxygens (including phenoxy) is 3. The molecule has 4 nitrogen and oxygen atoms in total. The van der Waals surface area contributed by atoms with Crippen LogP contribution in [0.5, 0.6) is 0 Å². The minimum absolute atomic E-state index is 0.192. The fraction of sp³-hybridized carbons (Fsp3) is 0.471. The van der Waals surface area contributed by atoms with Crippen LogP contribution in [-0.2, 0) is 20.8 Å². The number of carbonyl (C=O) groups is 1.